The number of esters is 1. The van der Waals surface area contributed by atoms with E-state index >= 15 is 0 Å². The van der Waals surface area contributed by atoms with E-state index in [0.717, 1.165) is 0 Å². The highest BCUT2D eigenvalue weighted by Crippen LogP contribution is 1.93. The molecule has 0 amide bonds. The minimum absolute atomic E-state index is 0.324. The number of carbonyl (C=O) groups is 1. The molecular formula is C6H7NO2. The van der Waals surface area contributed by atoms with Crippen molar-refractivity contribution in [2.75, 3.05) is 0 Å². The van der Waals surface area contributed by atoms with Crippen LogP contribution < -0.4 is 0 Å². The summed E-state index contributed by atoms with van der Waals surface area (Å²) in [5, 5.41) is 8.03. The first-order valence-corrected chi connectivity index (χ1v) is 2.41. The second-order valence-corrected chi connectivity index (χ2v) is 1.48. The van der Waals surface area contributed by atoms with Crippen LogP contribution in [0.3, 0.4) is 0 Å². The Hall–Kier alpha value is -1.30. The van der Waals surface area contributed by atoms with Crippen LogP contribution in [-0.4, -0.2) is 5.97 Å². The quantitative estimate of drug-likeness (QED) is 0.298. The van der Waals surface area contributed by atoms with Crippen LogP contribution in [0.1, 0.15) is 13.8 Å². The molecule has 3 heteroatoms. The summed E-state index contributed by atoms with van der Waals surface area (Å²) in [5.41, 5.74) is 0. The maximum Gasteiger partial charge on any atom is 0.307 e. The van der Waals surface area contributed by atoms with E-state index in [-0.39, 0.29) is 0 Å². The molecular weight excluding hydrogens is 118 g/mol. The van der Waals surface area contributed by atoms with Crippen molar-refractivity contribution in [2.45, 2.75) is 13.8 Å². The molecule has 0 radical (unpaired) electrons. The van der Waals surface area contributed by atoms with Crippen molar-refractivity contribution in [3.8, 4) is 6.07 Å². The van der Waals surface area contributed by atoms with Gasteiger partial charge in [-0.15, -0.1) is 0 Å². The number of hydrogen-bond donors (Lipinski definition) is 0. The third-order valence-electron chi connectivity index (χ3n) is 0.573. The molecule has 0 aliphatic rings. The molecule has 9 heavy (non-hydrogen) atoms. The van der Waals surface area contributed by atoms with Gasteiger partial charge in [-0.3, -0.25) is 4.79 Å². The van der Waals surface area contributed by atoms with E-state index in [2.05, 4.69) is 4.74 Å². The Morgan fingerprint density at radius 2 is 2.22 bits per heavy atom. The van der Waals surface area contributed by atoms with Crippen LogP contribution in [0.25, 0.3) is 0 Å². The zero-order valence-electron chi connectivity index (χ0n) is 5.34. The SMILES string of the molecule is CC(=O)OC(C)=CC#N. The lowest BCUT2D eigenvalue weighted by Crippen LogP contribution is -1.94. The molecule has 0 aromatic heterocycles. The lowest BCUT2D eigenvalue weighted by molar-refractivity contribution is -0.136. The van der Waals surface area contributed by atoms with Gasteiger partial charge in [-0.05, 0) is 6.92 Å². The molecule has 0 N–H and O–H groups in total. The number of hydrogen-bond acceptors (Lipinski definition) is 3. The highest BCUT2D eigenvalue weighted by Gasteiger charge is 1.91. The summed E-state index contributed by atoms with van der Waals surface area (Å²) >= 11 is 0. The smallest absolute Gasteiger partial charge is 0.307 e. The van der Waals surface area contributed by atoms with Crippen LogP contribution in [0.5, 0.6) is 0 Å². The van der Waals surface area contributed by atoms with E-state index in [1.54, 1.807) is 13.0 Å². The molecule has 0 rings (SSSR count). The van der Waals surface area contributed by atoms with E-state index in [9.17, 15) is 4.79 Å². The minimum Gasteiger partial charge on any atom is -0.431 e. The molecule has 0 saturated heterocycles. The first-order valence-electron chi connectivity index (χ1n) is 2.41. The van der Waals surface area contributed by atoms with Gasteiger partial charge in [-0.1, -0.05) is 0 Å². The number of nitriles is 1. The number of ether oxygens (including phenoxy) is 1. The van der Waals surface area contributed by atoms with Crippen LogP contribution >= 0.6 is 0 Å². The number of nitrogens with zero attached hydrogens (tertiary/aromatic N) is 1. The van der Waals surface area contributed by atoms with Gasteiger partial charge in [-0.2, -0.15) is 5.26 Å². The molecule has 0 bridgehead atoms. The fraction of sp³-hybridized carbons (Fsp3) is 0.333. The second kappa shape index (κ2) is 3.67. The van der Waals surface area contributed by atoms with Crippen LogP contribution in [0.2, 0.25) is 0 Å². The third-order valence-corrected chi connectivity index (χ3v) is 0.573. The van der Waals surface area contributed by atoms with Crippen LogP contribution in [0, 0.1) is 11.3 Å². The topological polar surface area (TPSA) is 50.1 Å². The van der Waals surface area contributed by atoms with E-state index in [0.29, 0.717) is 5.76 Å². The van der Waals surface area contributed by atoms with Crippen molar-refractivity contribution in [3.63, 3.8) is 0 Å². The molecule has 0 aromatic rings. The molecule has 0 aliphatic carbocycles. The zero-order valence-corrected chi connectivity index (χ0v) is 5.34. The van der Waals surface area contributed by atoms with Gasteiger partial charge in [-0.25, -0.2) is 0 Å². The molecule has 3 nitrogen and oxygen atoms in total. The van der Waals surface area contributed by atoms with Crippen LogP contribution in [0.4, 0.5) is 0 Å². The molecule has 0 unspecified atom stereocenters. The second-order valence-electron chi connectivity index (χ2n) is 1.48. The van der Waals surface area contributed by atoms with Crippen molar-refractivity contribution in [2.24, 2.45) is 0 Å². The Bertz CT molecular complexity index is 176. The Morgan fingerprint density at radius 3 is 2.56 bits per heavy atom. The largest absolute Gasteiger partial charge is 0.431 e. The number of allylic oxidation sites excluding steroid dienone is 2. The maximum absolute atomic E-state index is 10.2. The predicted octanol–water partition coefficient (Wildman–Crippen LogP) is 0.977. The lowest BCUT2D eigenvalue weighted by Gasteiger charge is -1.95. The Labute approximate surface area is 53.5 Å². The van der Waals surface area contributed by atoms with Crippen molar-refractivity contribution in [1.29, 1.82) is 5.26 Å². The molecule has 0 spiro atoms. The summed E-state index contributed by atoms with van der Waals surface area (Å²) in [6.07, 6.45) is 1.17. The van der Waals surface area contributed by atoms with Gasteiger partial charge in [0.1, 0.15) is 5.76 Å². The molecule has 0 fully saturated rings. The summed E-state index contributed by atoms with van der Waals surface area (Å²) in [7, 11) is 0. The molecule has 0 saturated carbocycles. The van der Waals surface area contributed by atoms with E-state index in [4.69, 9.17) is 5.26 Å². The van der Waals surface area contributed by atoms with Crippen molar-refractivity contribution >= 4 is 5.97 Å². The molecule has 0 heterocycles. The third kappa shape index (κ3) is 4.56. The van der Waals surface area contributed by atoms with Gasteiger partial charge in [0, 0.05) is 6.92 Å². The summed E-state index contributed by atoms with van der Waals surface area (Å²) in [6.45, 7) is 2.83. The van der Waals surface area contributed by atoms with Gasteiger partial charge in [0.2, 0.25) is 0 Å². The van der Waals surface area contributed by atoms with Gasteiger partial charge < -0.3 is 4.74 Å². The van der Waals surface area contributed by atoms with Crippen molar-refractivity contribution < 1.29 is 9.53 Å². The highest BCUT2D eigenvalue weighted by molar-refractivity contribution is 5.67. The Balaban J connectivity index is 3.80. The monoisotopic (exact) mass is 125 g/mol. The van der Waals surface area contributed by atoms with Gasteiger partial charge in [0.25, 0.3) is 0 Å². The standard InChI is InChI=1S/C6H7NO2/c1-5(3-4-7)9-6(2)8/h3H,1-2H3. The maximum atomic E-state index is 10.2. The zero-order chi connectivity index (χ0) is 7.28. The lowest BCUT2D eigenvalue weighted by atomic mass is 10.5. The predicted molar refractivity (Wildman–Crippen MR) is 31.1 cm³/mol. The summed E-state index contributed by atoms with van der Waals surface area (Å²) in [6, 6.07) is 1.73. The first kappa shape index (κ1) is 7.70. The molecule has 0 aliphatic heterocycles. The molecule has 0 aromatic carbocycles. The van der Waals surface area contributed by atoms with E-state index in [1.807, 2.05) is 0 Å². The summed E-state index contributed by atoms with van der Waals surface area (Å²) in [4.78, 5) is 10.2. The highest BCUT2D eigenvalue weighted by atomic mass is 16.5. The minimum atomic E-state index is -0.404. The fourth-order valence-corrected chi connectivity index (χ4v) is 0.347. The van der Waals surface area contributed by atoms with Crippen molar-refractivity contribution in [1.82, 2.24) is 0 Å². The molecule has 48 valence electrons. The summed E-state index contributed by atoms with van der Waals surface area (Å²) in [5.74, 6) is -0.0796. The summed E-state index contributed by atoms with van der Waals surface area (Å²) < 4.78 is 4.49. The average Bonchev–Trinajstić information content (AvgIpc) is 1.63. The Kier molecular flexibility index (Phi) is 3.14. The van der Waals surface area contributed by atoms with Crippen molar-refractivity contribution in [3.05, 3.63) is 11.8 Å². The number of carbonyl (C=O) groups excluding carboxylic acids is 1. The molecule has 0 atom stereocenters. The van der Waals surface area contributed by atoms with Gasteiger partial charge in [0.05, 0.1) is 12.1 Å². The van der Waals surface area contributed by atoms with E-state index < -0.39 is 5.97 Å². The van der Waals surface area contributed by atoms with Crippen LogP contribution in [0.15, 0.2) is 11.8 Å². The van der Waals surface area contributed by atoms with Gasteiger partial charge >= 0.3 is 5.97 Å². The normalized spacial score (nSPS) is 10.1. The van der Waals surface area contributed by atoms with E-state index in [1.165, 1.54) is 13.0 Å². The Morgan fingerprint density at radius 1 is 1.67 bits per heavy atom. The number of rotatable bonds is 1. The first-order chi connectivity index (χ1) is 4.16. The average molecular weight is 125 g/mol. The van der Waals surface area contributed by atoms with Crippen LogP contribution in [-0.2, 0) is 9.53 Å². The van der Waals surface area contributed by atoms with Gasteiger partial charge in [0.15, 0.2) is 0 Å². The fourth-order valence-electron chi connectivity index (χ4n) is 0.347.